The lowest BCUT2D eigenvalue weighted by molar-refractivity contribution is -0.143. The van der Waals surface area contributed by atoms with Gasteiger partial charge in [-0.1, -0.05) is 30.3 Å². The third-order valence-corrected chi connectivity index (χ3v) is 10.2. The van der Waals surface area contributed by atoms with Gasteiger partial charge in [0.15, 0.2) is 0 Å². The number of nitrogens with zero attached hydrogens (tertiary/aromatic N) is 4. The smallest absolute Gasteiger partial charge is 0.416 e. The average molecular weight is 691 g/mol. The summed E-state index contributed by atoms with van der Waals surface area (Å²) in [5.41, 5.74) is -2.11. The highest BCUT2D eigenvalue weighted by Crippen LogP contribution is 2.37. The van der Waals surface area contributed by atoms with E-state index in [1.807, 2.05) is 35.2 Å². The number of furan rings is 1. The van der Waals surface area contributed by atoms with Crippen LogP contribution in [0.2, 0.25) is 0 Å². The summed E-state index contributed by atoms with van der Waals surface area (Å²) >= 11 is 0. The summed E-state index contributed by atoms with van der Waals surface area (Å²) in [6.07, 6.45) is -2.74. The summed E-state index contributed by atoms with van der Waals surface area (Å²) < 4.78 is 86.8. The molecule has 3 aliphatic heterocycles. The Hall–Kier alpha value is -3.84. The number of benzene rings is 2. The molecular formula is C36H40F6N4O3. The van der Waals surface area contributed by atoms with Gasteiger partial charge in [0.25, 0.3) is 11.8 Å². The topological polar surface area (TPSA) is 60.2 Å². The largest absolute Gasteiger partial charge is 0.472 e. The molecule has 3 aliphatic rings. The molecule has 0 N–H and O–H groups in total. The Morgan fingerprint density at radius 1 is 0.694 bits per heavy atom. The number of likely N-dealkylation sites (tertiary alicyclic amines) is 2. The summed E-state index contributed by atoms with van der Waals surface area (Å²) in [7, 11) is 0. The fourth-order valence-electron chi connectivity index (χ4n) is 7.64. The van der Waals surface area contributed by atoms with Crippen LogP contribution in [-0.2, 0) is 18.8 Å². The third kappa shape index (κ3) is 8.31. The van der Waals surface area contributed by atoms with E-state index in [0.717, 1.165) is 51.0 Å². The number of amides is 2. The summed E-state index contributed by atoms with van der Waals surface area (Å²) in [4.78, 5) is 34.9. The van der Waals surface area contributed by atoms with Crippen molar-refractivity contribution in [2.45, 2.75) is 69.0 Å². The Morgan fingerprint density at radius 2 is 1.33 bits per heavy atom. The lowest BCUT2D eigenvalue weighted by Gasteiger charge is -2.47. The summed E-state index contributed by atoms with van der Waals surface area (Å²) in [6.45, 7) is 4.95. The van der Waals surface area contributed by atoms with Crippen LogP contribution in [0.1, 0.15) is 69.5 Å². The van der Waals surface area contributed by atoms with E-state index in [1.165, 1.54) is 17.4 Å². The molecule has 2 aromatic carbocycles. The molecule has 3 saturated heterocycles. The summed E-state index contributed by atoms with van der Waals surface area (Å²) in [6, 6.07) is 12.3. The minimum Gasteiger partial charge on any atom is -0.472 e. The van der Waals surface area contributed by atoms with Gasteiger partial charge in [-0.2, -0.15) is 26.3 Å². The van der Waals surface area contributed by atoms with Gasteiger partial charge in [-0.15, -0.1) is 0 Å². The number of hydrogen-bond donors (Lipinski definition) is 0. The van der Waals surface area contributed by atoms with Crippen LogP contribution in [0, 0.1) is 0 Å². The fraction of sp³-hybridized carbons (Fsp3) is 0.500. The van der Waals surface area contributed by atoms with Gasteiger partial charge >= 0.3 is 12.4 Å². The van der Waals surface area contributed by atoms with Crippen molar-refractivity contribution in [3.05, 3.63) is 94.9 Å². The van der Waals surface area contributed by atoms with Gasteiger partial charge in [0, 0.05) is 69.5 Å². The normalized spacial score (nSPS) is 23.3. The number of halogens is 6. The molecule has 49 heavy (non-hydrogen) atoms. The second-order valence-electron chi connectivity index (χ2n) is 13.3. The van der Waals surface area contributed by atoms with Crippen LogP contribution in [0.15, 0.2) is 71.5 Å². The van der Waals surface area contributed by atoms with E-state index in [9.17, 15) is 35.9 Å². The second kappa shape index (κ2) is 14.6. The van der Waals surface area contributed by atoms with E-state index < -0.39 is 41.0 Å². The first kappa shape index (κ1) is 35.0. The number of hydrogen-bond acceptors (Lipinski definition) is 5. The molecule has 3 atom stereocenters. The molecule has 0 spiro atoms. The molecule has 7 nitrogen and oxygen atoms in total. The minimum atomic E-state index is -5.04. The molecule has 0 aliphatic carbocycles. The first-order valence-electron chi connectivity index (χ1n) is 16.8. The van der Waals surface area contributed by atoms with Crippen molar-refractivity contribution in [2.75, 3.05) is 45.8 Å². The number of rotatable bonds is 6. The molecule has 0 bridgehead atoms. The van der Waals surface area contributed by atoms with Crippen LogP contribution >= 0.6 is 0 Å². The second-order valence-corrected chi connectivity index (χ2v) is 13.3. The molecular weight excluding hydrogens is 650 g/mol. The van der Waals surface area contributed by atoms with Gasteiger partial charge in [-0.05, 0) is 68.4 Å². The first-order chi connectivity index (χ1) is 23.4. The van der Waals surface area contributed by atoms with E-state index >= 15 is 0 Å². The van der Waals surface area contributed by atoms with E-state index in [2.05, 4.69) is 9.80 Å². The SMILES string of the molecule is O=C(c1ccoc1)N1CCCC(N2CCN(C3CCN(C(=O)c4cc(C(F)(F)F)cc(C(F)(F)F)c4)C(Cc4ccccc4)C3)CC2)CC1. The van der Waals surface area contributed by atoms with Crippen LogP contribution in [0.3, 0.4) is 0 Å². The van der Waals surface area contributed by atoms with Crippen molar-refractivity contribution in [1.82, 2.24) is 19.6 Å². The van der Waals surface area contributed by atoms with Crippen LogP contribution < -0.4 is 0 Å². The number of carbonyl (C=O) groups is 2. The van der Waals surface area contributed by atoms with Crippen molar-refractivity contribution >= 4 is 11.8 Å². The molecule has 6 rings (SSSR count). The molecule has 13 heteroatoms. The maximum absolute atomic E-state index is 13.8. The van der Waals surface area contributed by atoms with Gasteiger partial charge in [-0.3, -0.25) is 19.4 Å². The van der Waals surface area contributed by atoms with Gasteiger partial charge in [0.1, 0.15) is 6.26 Å². The van der Waals surface area contributed by atoms with Crippen molar-refractivity contribution in [2.24, 2.45) is 0 Å². The fourth-order valence-corrected chi connectivity index (χ4v) is 7.64. The van der Waals surface area contributed by atoms with Gasteiger partial charge < -0.3 is 14.2 Å². The standard InChI is InChI=1S/C36H40F6N4O3/c37-35(38,39)28-20-27(21-29(22-28)36(40,41)42)34(48)46-13-9-31(23-32(46)19-25-5-2-1-3-6-25)44-16-14-43(15-17-44)30-7-4-11-45(12-8-30)33(47)26-10-18-49-24-26/h1-3,5-6,10,18,20-22,24,30-32H,4,7-9,11-17,19,23H2. The maximum Gasteiger partial charge on any atom is 0.416 e. The minimum absolute atomic E-state index is 0.0112. The zero-order valence-electron chi connectivity index (χ0n) is 27.1. The Balaban J connectivity index is 1.12. The van der Waals surface area contributed by atoms with Gasteiger partial charge in [0.2, 0.25) is 0 Å². The van der Waals surface area contributed by atoms with Crippen LogP contribution in [-0.4, -0.2) is 95.4 Å². The zero-order chi connectivity index (χ0) is 34.8. The Labute approximate surface area is 281 Å². The Bertz CT molecular complexity index is 1540. The molecule has 3 aromatic rings. The van der Waals surface area contributed by atoms with Gasteiger partial charge in [0.05, 0.1) is 23.0 Å². The van der Waals surface area contributed by atoms with Crippen molar-refractivity contribution in [3.63, 3.8) is 0 Å². The van der Waals surface area contributed by atoms with Crippen molar-refractivity contribution < 1.29 is 40.3 Å². The van der Waals surface area contributed by atoms with E-state index in [-0.39, 0.29) is 24.6 Å². The molecule has 1 aromatic heterocycles. The van der Waals surface area contributed by atoms with Gasteiger partial charge in [-0.25, -0.2) is 0 Å². The number of piperidine rings is 1. The van der Waals surface area contributed by atoms with Crippen LogP contribution in [0.25, 0.3) is 0 Å². The van der Waals surface area contributed by atoms with Crippen LogP contribution in [0.5, 0.6) is 0 Å². The summed E-state index contributed by atoms with van der Waals surface area (Å²) in [5.74, 6) is -0.836. The molecule has 3 fully saturated rings. The molecule has 3 unspecified atom stereocenters. The molecule has 0 radical (unpaired) electrons. The van der Waals surface area contributed by atoms with Crippen LogP contribution in [0.4, 0.5) is 26.3 Å². The highest BCUT2D eigenvalue weighted by molar-refractivity contribution is 5.95. The molecule has 264 valence electrons. The summed E-state index contributed by atoms with van der Waals surface area (Å²) in [5, 5.41) is 0. The first-order valence-corrected chi connectivity index (χ1v) is 16.8. The molecule has 2 amide bonds. The lowest BCUT2D eigenvalue weighted by Crippen LogP contribution is -2.58. The highest BCUT2D eigenvalue weighted by atomic mass is 19.4. The van der Waals surface area contributed by atoms with E-state index in [1.54, 1.807) is 6.07 Å². The quantitative estimate of drug-likeness (QED) is 0.265. The number of alkyl halides is 6. The Kier molecular flexibility index (Phi) is 10.4. The monoisotopic (exact) mass is 690 g/mol. The Morgan fingerprint density at radius 3 is 1.94 bits per heavy atom. The zero-order valence-corrected chi connectivity index (χ0v) is 27.1. The number of carbonyl (C=O) groups excluding carboxylic acids is 2. The molecule has 0 saturated carbocycles. The number of piperazine rings is 1. The van der Waals surface area contributed by atoms with Crippen molar-refractivity contribution in [3.8, 4) is 0 Å². The van der Waals surface area contributed by atoms with E-state index in [0.29, 0.717) is 56.1 Å². The predicted octanol–water partition coefficient (Wildman–Crippen LogP) is 6.85. The lowest BCUT2D eigenvalue weighted by atomic mass is 9.90. The average Bonchev–Trinajstić information content (AvgIpc) is 3.52. The van der Waals surface area contributed by atoms with Crippen molar-refractivity contribution in [1.29, 1.82) is 0 Å². The highest BCUT2D eigenvalue weighted by Gasteiger charge is 2.40. The maximum atomic E-state index is 13.8. The molecule has 4 heterocycles. The van der Waals surface area contributed by atoms with E-state index in [4.69, 9.17) is 4.42 Å². The third-order valence-electron chi connectivity index (χ3n) is 10.2. The predicted molar refractivity (Wildman–Crippen MR) is 170 cm³/mol.